The lowest BCUT2D eigenvalue weighted by Gasteiger charge is -2.55. The Bertz CT molecular complexity index is 619. The quantitative estimate of drug-likeness (QED) is 0.572. The van der Waals surface area contributed by atoms with Crippen LogP contribution < -0.4 is 15.1 Å². The fraction of sp³-hybridized carbons (Fsp3) is 0.688. The first-order chi connectivity index (χ1) is 11.1. The number of likely N-dealkylation sites (tertiary alicyclic amines) is 1. The van der Waals surface area contributed by atoms with Gasteiger partial charge in [0.1, 0.15) is 11.7 Å². The second-order valence-corrected chi connectivity index (χ2v) is 7.80. The lowest BCUT2D eigenvalue weighted by molar-refractivity contribution is 0.0465. The highest BCUT2D eigenvalue weighted by Crippen LogP contribution is 2.41. The second kappa shape index (κ2) is 6.72. The van der Waals surface area contributed by atoms with Gasteiger partial charge in [-0.3, -0.25) is 4.48 Å². The summed E-state index contributed by atoms with van der Waals surface area (Å²) in [6.07, 6.45) is 0.734. The summed E-state index contributed by atoms with van der Waals surface area (Å²) in [6, 6.07) is 1.96. The zero-order chi connectivity index (χ0) is 18.1. The van der Waals surface area contributed by atoms with Crippen LogP contribution in [0.2, 0.25) is 5.15 Å². The van der Waals surface area contributed by atoms with Crippen LogP contribution in [0.15, 0.2) is 6.07 Å². The van der Waals surface area contributed by atoms with Crippen LogP contribution in [0.3, 0.4) is 0 Å². The molecule has 1 aliphatic rings. The minimum Gasteiger partial charge on any atom is -0.465 e. The summed E-state index contributed by atoms with van der Waals surface area (Å²) in [5.74, 6) is 1.29. The number of anilines is 1. The van der Waals surface area contributed by atoms with E-state index >= 15 is 0 Å². The Morgan fingerprint density at radius 2 is 2.04 bits per heavy atom. The lowest BCUT2D eigenvalue weighted by atomic mass is 9.87. The number of halogens is 1. The van der Waals surface area contributed by atoms with Crippen LogP contribution in [0.5, 0.6) is 0 Å². The van der Waals surface area contributed by atoms with Gasteiger partial charge in [-0.1, -0.05) is 11.6 Å². The van der Waals surface area contributed by atoms with E-state index in [0.717, 1.165) is 18.7 Å². The maximum Gasteiger partial charge on any atom is 0.405 e. The Morgan fingerprint density at radius 1 is 1.38 bits per heavy atom. The molecular weight excluding hydrogens is 330 g/mol. The average molecular weight is 357 g/mol. The molecule has 134 valence electrons. The number of carboxylic acid groups (broad SMARTS) is 1. The fourth-order valence-corrected chi connectivity index (χ4v) is 4.07. The van der Waals surface area contributed by atoms with E-state index in [-0.39, 0.29) is 17.6 Å². The molecule has 7 nitrogen and oxygen atoms in total. The third kappa shape index (κ3) is 3.42. The standard InChI is InChI=1S/C16H26ClN5O2/c1-10-6-7-11(19-15(23)24)9-22(10,16(2,3)4)13-8-12(17)20-14(18-5)21-13/h8,10-11,19H,6-7,9H2,1-5H3,(H-,18,20,21,23,24)/p+1/t10-,11+,22?/m0/s1. The number of aromatic nitrogens is 2. The number of rotatable bonds is 3. The van der Waals surface area contributed by atoms with Crippen molar-refractivity contribution in [2.75, 3.05) is 18.9 Å². The molecule has 1 amide bonds. The molecule has 1 fully saturated rings. The van der Waals surface area contributed by atoms with Crippen molar-refractivity contribution in [3.05, 3.63) is 11.2 Å². The second-order valence-electron chi connectivity index (χ2n) is 7.42. The molecule has 2 rings (SSSR count). The normalized spacial score (nSPS) is 27.6. The van der Waals surface area contributed by atoms with Gasteiger partial charge >= 0.3 is 6.09 Å². The number of amides is 1. The zero-order valence-corrected chi connectivity index (χ0v) is 15.7. The maximum absolute atomic E-state index is 11.1. The van der Waals surface area contributed by atoms with Crippen LogP contribution in [0.1, 0.15) is 40.5 Å². The first kappa shape index (κ1) is 18.7. The monoisotopic (exact) mass is 356 g/mol. The molecular formula is C16H27ClN5O2+. The van der Waals surface area contributed by atoms with Crippen molar-refractivity contribution in [3.63, 3.8) is 0 Å². The highest BCUT2D eigenvalue weighted by molar-refractivity contribution is 6.29. The fourth-order valence-electron chi connectivity index (χ4n) is 3.89. The van der Waals surface area contributed by atoms with Gasteiger partial charge < -0.3 is 15.7 Å². The Morgan fingerprint density at radius 3 is 2.58 bits per heavy atom. The van der Waals surface area contributed by atoms with Crippen LogP contribution >= 0.6 is 11.6 Å². The Kier molecular flexibility index (Phi) is 5.25. The molecule has 0 bridgehead atoms. The number of piperidine rings is 1. The van der Waals surface area contributed by atoms with E-state index in [0.29, 0.717) is 22.1 Å². The molecule has 2 heterocycles. The predicted octanol–water partition coefficient (Wildman–Crippen LogP) is 3.10. The van der Waals surface area contributed by atoms with Crippen molar-refractivity contribution < 1.29 is 9.90 Å². The van der Waals surface area contributed by atoms with E-state index in [1.54, 1.807) is 13.1 Å². The van der Waals surface area contributed by atoms with Crippen LogP contribution in [-0.2, 0) is 0 Å². The molecule has 0 spiro atoms. The van der Waals surface area contributed by atoms with E-state index < -0.39 is 6.09 Å². The highest BCUT2D eigenvalue weighted by Gasteiger charge is 2.52. The topological polar surface area (TPSA) is 87.1 Å². The van der Waals surface area contributed by atoms with E-state index in [4.69, 9.17) is 16.7 Å². The molecule has 0 saturated carbocycles. The molecule has 3 N–H and O–H groups in total. The third-order valence-electron chi connectivity index (χ3n) is 5.03. The van der Waals surface area contributed by atoms with Gasteiger partial charge in [0, 0.05) is 13.5 Å². The molecule has 1 saturated heterocycles. The van der Waals surface area contributed by atoms with E-state index in [1.165, 1.54) is 0 Å². The van der Waals surface area contributed by atoms with Gasteiger partial charge in [0.2, 0.25) is 11.8 Å². The van der Waals surface area contributed by atoms with Crippen LogP contribution in [-0.4, -0.2) is 52.4 Å². The molecule has 1 aromatic heterocycles. The van der Waals surface area contributed by atoms with Gasteiger partial charge in [-0.05, 0) is 34.1 Å². The lowest BCUT2D eigenvalue weighted by Crippen LogP contribution is -2.72. The van der Waals surface area contributed by atoms with Crippen molar-refractivity contribution >= 4 is 29.5 Å². The largest absolute Gasteiger partial charge is 0.465 e. The number of carbonyl (C=O) groups is 1. The summed E-state index contributed by atoms with van der Waals surface area (Å²) in [7, 11) is 1.76. The van der Waals surface area contributed by atoms with Crippen LogP contribution in [0, 0.1) is 0 Å². The SMILES string of the molecule is CNc1nc(Cl)cc([N+]2(C(C)(C)C)C[C@H](NC(=O)O)CC[C@@H]2C)n1. The van der Waals surface area contributed by atoms with E-state index in [2.05, 4.69) is 48.3 Å². The zero-order valence-electron chi connectivity index (χ0n) is 14.9. The number of nitrogens with one attached hydrogen (secondary N) is 2. The Hall–Kier alpha value is -1.60. The van der Waals surface area contributed by atoms with Gasteiger partial charge in [-0.2, -0.15) is 4.98 Å². The van der Waals surface area contributed by atoms with Gasteiger partial charge in [0.25, 0.3) is 0 Å². The van der Waals surface area contributed by atoms with Crippen molar-refractivity contribution in [1.82, 2.24) is 19.8 Å². The Labute approximate surface area is 148 Å². The molecule has 1 aliphatic heterocycles. The highest BCUT2D eigenvalue weighted by atomic mass is 35.5. The molecule has 1 unspecified atom stereocenters. The average Bonchev–Trinajstić information content (AvgIpc) is 2.46. The number of quaternary nitrogens is 1. The molecule has 1 aromatic rings. The number of hydrogen-bond donors (Lipinski definition) is 3. The summed E-state index contributed by atoms with van der Waals surface area (Å²) in [4.78, 5) is 20.0. The molecule has 0 aromatic carbocycles. The van der Waals surface area contributed by atoms with Crippen LogP contribution in [0.4, 0.5) is 16.6 Å². The maximum atomic E-state index is 11.1. The van der Waals surface area contributed by atoms with Gasteiger partial charge in [0.15, 0.2) is 0 Å². The van der Waals surface area contributed by atoms with E-state index in [9.17, 15) is 4.79 Å². The third-order valence-corrected chi connectivity index (χ3v) is 5.23. The summed E-state index contributed by atoms with van der Waals surface area (Å²) in [5, 5.41) is 15.1. The Balaban J connectivity index is 2.57. The van der Waals surface area contributed by atoms with Gasteiger partial charge in [-0.25, -0.2) is 9.78 Å². The van der Waals surface area contributed by atoms with Crippen molar-refractivity contribution in [1.29, 1.82) is 0 Å². The number of nitrogens with zero attached hydrogens (tertiary/aromatic N) is 3. The summed E-state index contributed by atoms with van der Waals surface area (Å²) < 4.78 is 0.550. The first-order valence-corrected chi connectivity index (χ1v) is 8.58. The summed E-state index contributed by atoms with van der Waals surface area (Å²) in [6.45, 7) is 9.29. The van der Waals surface area contributed by atoms with Crippen molar-refractivity contribution in [2.45, 2.75) is 58.2 Å². The first-order valence-electron chi connectivity index (χ1n) is 8.20. The van der Waals surface area contributed by atoms with Crippen molar-refractivity contribution in [3.8, 4) is 0 Å². The molecule has 8 heteroatoms. The minimum atomic E-state index is -0.988. The van der Waals surface area contributed by atoms with Gasteiger partial charge in [-0.15, -0.1) is 0 Å². The summed E-state index contributed by atoms with van der Waals surface area (Å²) in [5.41, 5.74) is -0.180. The molecule has 0 radical (unpaired) electrons. The summed E-state index contributed by atoms with van der Waals surface area (Å²) >= 11 is 6.22. The van der Waals surface area contributed by atoms with Crippen molar-refractivity contribution in [2.24, 2.45) is 0 Å². The smallest absolute Gasteiger partial charge is 0.405 e. The predicted molar refractivity (Wildman–Crippen MR) is 96.6 cm³/mol. The van der Waals surface area contributed by atoms with Gasteiger partial charge in [0.05, 0.1) is 23.7 Å². The van der Waals surface area contributed by atoms with E-state index in [1.807, 2.05) is 0 Å². The molecule has 3 atom stereocenters. The minimum absolute atomic E-state index is 0.121. The molecule has 24 heavy (non-hydrogen) atoms. The number of hydrogen-bond acceptors (Lipinski definition) is 4. The van der Waals surface area contributed by atoms with Crippen LogP contribution in [0.25, 0.3) is 0 Å². The molecule has 0 aliphatic carbocycles.